The Morgan fingerprint density at radius 2 is 0.339 bits per heavy atom. The first-order chi connectivity index (χ1) is 27.0. The largest absolute Gasteiger partial charge is 0.376 e. The van der Waals surface area contributed by atoms with Crippen LogP contribution in [0.5, 0.6) is 0 Å². The predicted molar refractivity (Wildman–Crippen MR) is 276 cm³/mol. The molecule has 0 radical (unpaired) electrons. The summed E-state index contributed by atoms with van der Waals surface area (Å²) < 4.78 is 0. The van der Waals surface area contributed by atoms with Gasteiger partial charge in [-0.2, -0.15) is 0 Å². The van der Waals surface area contributed by atoms with Crippen LogP contribution in [0.25, 0.3) is 0 Å². The molecule has 0 heterocycles. The lowest BCUT2D eigenvalue weighted by Crippen LogP contribution is -2.68. The summed E-state index contributed by atoms with van der Waals surface area (Å²) >= 11 is 9.54. The highest BCUT2D eigenvalue weighted by molar-refractivity contribution is 7.42. The van der Waals surface area contributed by atoms with Gasteiger partial charge in [-0.3, -0.25) is 0 Å². The van der Waals surface area contributed by atoms with Crippen molar-refractivity contribution in [3.05, 3.63) is 16.7 Å². The minimum absolute atomic E-state index is 1.13. The first-order valence-electron chi connectivity index (χ1n) is 20.4. The van der Waals surface area contributed by atoms with Crippen molar-refractivity contribution in [3.8, 4) is 0 Å². The van der Waals surface area contributed by atoms with Gasteiger partial charge in [0, 0.05) is 169 Å². The standard InChI is InChI=1S/C45H81ClN12Si/c1-28-31(47(4)5)34(50(10)11)37(53(16)17)40(56(22)23)43(28)59(46,44-29(2)32(48(6)7)35(51(12)13)38(54(18)19)41(44)57(24)25)45-30(3)33(49(8)9)36(52(14)15)39(55(20)21)42(45)58(26)27/h1-27H3. The van der Waals surface area contributed by atoms with Gasteiger partial charge in [-0.05, 0) is 53.0 Å². The second-order valence-electron chi connectivity index (χ2n) is 18.6. The van der Waals surface area contributed by atoms with E-state index in [1.807, 2.05) is 0 Å². The Hall–Kier alpha value is -4.23. The van der Waals surface area contributed by atoms with Gasteiger partial charge in [-0.15, -0.1) is 11.1 Å². The van der Waals surface area contributed by atoms with Crippen molar-refractivity contribution in [1.82, 2.24) is 0 Å². The molecule has 0 aliphatic heterocycles. The van der Waals surface area contributed by atoms with E-state index < -0.39 is 7.38 Å². The summed E-state index contributed by atoms with van der Waals surface area (Å²) in [5.41, 5.74) is 17.2. The second kappa shape index (κ2) is 17.8. The summed E-state index contributed by atoms with van der Waals surface area (Å²) in [5.74, 6) is 0. The number of benzene rings is 3. The SMILES string of the molecule is Cc1c(N(C)C)c(N(C)C)c(N(C)C)c(N(C)C)c1[Si](Cl)(c1c(C)c(N(C)C)c(N(C)C)c(N(C)C)c1N(C)C)c1c(C)c(N(C)C)c(N(C)C)c(N(C)C)c1N(C)C. The number of hydrogen-bond acceptors (Lipinski definition) is 12. The quantitative estimate of drug-likeness (QED) is 0.122. The van der Waals surface area contributed by atoms with Crippen LogP contribution in [0.1, 0.15) is 16.7 Å². The topological polar surface area (TPSA) is 38.9 Å². The van der Waals surface area contributed by atoms with Gasteiger partial charge < -0.3 is 58.8 Å². The molecule has 0 aliphatic carbocycles. The number of rotatable bonds is 15. The maximum Gasteiger partial charge on any atom is 0.255 e. The average molecular weight is 854 g/mol. The van der Waals surface area contributed by atoms with Crippen molar-refractivity contribution in [2.24, 2.45) is 0 Å². The maximum atomic E-state index is 9.54. The molecule has 3 rings (SSSR count). The van der Waals surface area contributed by atoms with Crippen molar-refractivity contribution in [1.29, 1.82) is 0 Å². The summed E-state index contributed by atoms with van der Waals surface area (Å²) in [4.78, 5) is 27.4. The summed E-state index contributed by atoms with van der Waals surface area (Å²) in [6.07, 6.45) is 0. The second-order valence-corrected chi connectivity index (χ2v) is 23.1. The lowest BCUT2D eigenvalue weighted by atomic mass is 10.0. The van der Waals surface area contributed by atoms with E-state index in [1.165, 1.54) is 32.3 Å². The molecular formula is C45H81ClN12Si. The molecule has 14 heteroatoms. The normalized spacial score (nSPS) is 11.4. The van der Waals surface area contributed by atoms with Gasteiger partial charge in [0.2, 0.25) is 0 Å². The fourth-order valence-corrected chi connectivity index (χ4v) is 16.3. The molecule has 0 saturated carbocycles. The Kier molecular flexibility index (Phi) is 14.8. The van der Waals surface area contributed by atoms with Crippen LogP contribution >= 0.6 is 11.1 Å². The van der Waals surface area contributed by atoms with Crippen LogP contribution in [0.15, 0.2) is 0 Å². The summed E-state index contributed by atoms with van der Waals surface area (Å²) in [7, 11) is 48.2. The Morgan fingerprint density at radius 3 is 0.458 bits per heavy atom. The van der Waals surface area contributed by atoms with E-state index in [1.54, 1.807) is 0 Å². The molecule has 0 fully saturated rings. The molecular weight excluding hydrogens is 772 g/mol. The summed E-state index contributed by atoms with van der Waals surface area (Å²) in [6, 6.07) is 0. The Labute approximate surface area is 366 Å². The molecule has 0 bridgehead atoms. The van der Waals surface area contributed by atoms with Crippen molar-refractivity contribution in [3.63, 3.8) is 0 Å². The Bertz CT molecular complexity index is 1790. The molecule has 0 aliphatic rings. The van der Waals surface area contributed by atoms with E-state index in [0.29, 0.717) is 0 Å². The van der Waals surface area contributed by atoms with Gasteiger partial charge >= 0.3 is 0 Å². The first kappa shape index (κ1) is 49.1. The van der Waals surface area contributed by atoms with Crippen molar-refractivity contribution in [2.45, 2.75) is 20.8 Å². The fraction of sp³-hybridized carbons (Fsp3) is 0.600. The zero-order chi connectivity index (χ0) is 45.8. The van der Waals surface area contributed by atoms with Crippen LogP contribution in [0, 0.1) is 20.8 Å². The monoisotopic (exact) mass is 853 g/mol. The average Bonchev–Trinajstić information content (AvgIpc) is 3.07. The van der Waals surface area contributed by atoms with Crippen molar-refractivity contribution < 1.29 is 0 Å². The molecule has 59 heavy (non-hydrogen) atoms. The Balaban J connectivity index is 3.33. The predicted octanol–water partition coefficient (Wildman–Crippen LogP) is 4.61. The summed E-state index contributed by atoms with van der Waals surface area (Å²) in [5, 5.41) is 3.54. The van der Waals surface area contributed by atoms with Crippen LogP contribution in [0.3, 0.4) is 0 Å². The van der Waals surface area contributed by atoms with E-state index in [9.17, 15) is 11.1 Å². The van der Waals surface area contributed by atoms with Gasteiger partial charge in [-0.1, -0.05) is 0 Å². The zero-order valence-corrected chi connectivity index (χ0v) is 44.0. The molecule has 332 valence electrons. The molecule has 3 aromatic rings. The number of nitrogens with zero attached hydrogens (tertiary/aromatic N) is 12. The van der Waals surface area contributed by atoms with Gasteiger partial charge in [0.25, 0.3) is 7.38 Å². The lowest BCUT2D eigenvalue weighted by molar-refractivity contribution is 1.02. The third kappa shape index (κ3) is 8.05. The molecule has 3 aromatic carbocycles. The third-order valence-corrected chi connectivity index (χ3v) is 16.9. The minimum atomic E-state index is -3.84. The van der Waals surface area contributed by atoms with Crippen LogP contribution in [-0.4, -0.2) is 177 Å². The van der Waals surface area contributed by atoms with Gasteiger partial charge in [0.15, 0.2) is 0 Å². The number of anilines is 12. The van der Waals surface area contributed by atoms with Crippen LogP contribution in [0.2, 0.25) is 0 Å². The van der Waals surface area contributed by atoms with Crippen LogP contribution in [0.4, 0.5) is 68.2 Å². The fourth-order valence-electron chi connectivity index (χ4n) is 9.58. The number of hydrogen-bond donors (Lipinski definition) is 0. The minimum Gasteiger partial charge on any atom is -0.376 e. The van der Waals surface area contributed by atoms with Crippen molar-refractivity contribution >= 4 is 102 Å². The highest BCUT2D eigenvalue weighted by atomic mass is 35.6. The molecule has 0 atom stereocenters. The van der Waals surface area contributed by atoms with Crippen LogP contribution < -0.4 is 74.4 Å². The van der Waals surface area contributed by atoms with E-state index >= 15 is 0 Å². The smallest absolute Gasteiger partial charge is 0.255 e. The van der Waals surface area contributed by atoms with E-state index in [4.69, 9.17) is 0 Å². The van der Waals surface area contributed by atoms with Crippen LogP contribution in [-0.2, 0) is 0 Å². The third-order valence-electron chi connectivity index (χ3n) is 11.3. The summed E-state index contributed by atoms with van der Waals surface area (Å²) in [6.45, 7) is 6.93. The molecule has 12 nitrogen and oxygen atoms in total. The van der Waals surface area contributed by atoms with Gasteiger partial charge in [0.1, 0.15) is 0 Å². The zero-order valence-electron chi connectivity index (χ0n) is 42.2. The lowest BCUT2D eigenvalue weighted by Gasteiger charge is -2.45. The molecule has 0 spiro atoms. The van der Waals surface area contributed by atoms with Gasteiger partial charge in [0.05, 0.1) is 68.2 Å². The molecule has 0 aromatic heterocycles. The first-order valence-corrected chi connectivity index (χ1v) is 23.4. The molecule has 0 amide bonds. The van der Waals surface area contributed by atoms with E-state index in [0.717, 1.165) is 68.2 Å². The highest BCUT2D eigenvalue weighted by Gasteiger charge is 2.52. The molecule has 0 N–H and O–H groups in total. The van der Waals surface area contributed by atoms with E-state index in [-0.39, 0.29) is 0 Å². The van der Waals surface area contributed by atoms with Gasteiger partial charge in [-0.25, -0.2) is 0 Å². The Morgan fingerprint density at radius 1 is 0.220 bits per heavy atom. The maximum absolute atomic E-state index is 9.54. The molecule has 0 unspecified atom stereocenters. The highest BCUT2D eigenvalue weighted by Crippen LogP contribution is 2.52. The van der Waals surface area contributed by atoms with E-state index in [2.05, 4.69) is 249 Å². The molecule has 0 saturated heterocycles. The number of halogens is 1. The van der Waals surface area contributed by atoms with Crippen molar-refractivity contribution in [2.75, 3.05) is 228 Å².